The van der Waals surface area contributed by atoms with Crippen LogP contribution in [0.2, 0.25) is 0 Å². The summed E-state index contributed by atoms with van der Waals surface area (Å²) in [6, 6.07) is 8.23. The maximum Gasteiger partial charge on any atom is 0.101 e. The van der Waals surface area contributed by atoms with Crippen LogP contribution in [-0.4, -0.2) is 11.7 Å². The fourth-order valence-electron chi connectivity index (χ4n) is 2.04. The van der Waals surface area contributed by atoms with Crippen molar-refractivity contribution in [1.29, 1.82) is 0 Å². The minimum Gasteiger partial charge on any atom is -0.325 e. The van der Waals surface area contributed by atoms with Crippen LogP contribution in [0, 0.1) is 0 Å². The molecule has 1 aliphatic rings. The van der Waals surface area contributed by atoms with Crippen molar-refractivity contribution in [2.45, 2.75) is 50.7 Å². The molecule has 0 heterocycles. The molecule has 2 heteroatoms. The highest BCUT2D eigenvalue weighted by molar-refractivity contribution is 5.24. The molecular formula is C14H20FN. The van der Waals surface area contributed by atoms with Gasteiger partial charge in [-0.05, 0) is 43.7 Å². The molecule has 1 fully saturated rings. The minimum atomic E-state index is -0.764. The van der Waals surface area contributed by atoms with E-state index >= 15 is 0 Å². The molecule has 2 rings (SSSR count). The lowest BCUT2D eigenvalue weighted by Gasteiger charge is -2.09. The molecule has 0 spiro atoms. The molecule has 0 amide bonds. The van der Waals surface area contributed by atoms with E-state index in [-0.39, 0.29) is 5.54 Å². The maximum absolute atomic E-state index is 12.9. The molecule has 88 valence electrons. The average Bonchev–Trinajstić information content (AvgIpc) is 2.94. The molecule has 1 aromatic rings. The summed E-state index contributed by atoms with van der Waals surface area (Å²) in [5.41, 5.74) is 8.55. The van der Waals surface area contributed by atoms with Crippen LogP contribution in [0.15, 0.2) is 24.3 Å². The van der Waals surface area contributed by atoms with Crippen molar-refractivity contribution in [3.05, 3.63) is 35.4 Å². The molecule has 2 N–H and O–H groups in total. The molecule has 1 atom stereocenters. The maximum atomic E-state index is 12.9. The van der Waals surface area contributed by atoms with Gasteiger partial charge in [0.05, 0.1) is 0 Å². The Balaban J connectivity index is 1.93. The van der Waals surface area contributed by atoms with Crippen LogP contribution >= 0.6 is 0 Å². The van der Waals surface area contributed by atoms with Crippen molar-refractivity contribution in [1.82, 2.24) is 0 Å². The van der Waals surface area contributed by atoms with E-state index in [9.17, 15) is 4.39 Å². The SMILES string of the molecule is CC(F)Cc1cccc(CCC2(N)CC2)c1. The Kier molecular flexibility index (Phi) is 3.29. The van der Waals surface area contributed by atoms with Crippen LogP contribution in [0.1, 0.15) is 37.3 Å². The Hall–Kier alpha value is -0.890. The van der Waals surface area contributed by atoms with Gasteiger partial charge in [-0.3, -0.25) is 0 Å². The first-order valence-corrected chi connectivity index (χ1v) is 6.08. The lowest BCUT2D eigenvalue weighted by molar-refractivity contribution is 0.360. The number of nitrogens with two attached hydrogens (primary N) is 1. The molecule has 0 aromatic heterocycles. The second kappa shape index (κ2) is 4.54. The quantitative estimate of drug-likeness (QED) is 0.812. The first kappa shape index (κ1) is 11.6. The standard InChI is InChI=1S/C14H20FN/c1-11(15)9-13-4-2-3-12(10-13)5-6-14(16)7-8-14/h2-4,10-11H,5-9,16H2,1H3. The summed E-state index contributed by atoms with van der Waals surface area (Å²) in [5.74, 6) is 0. The van der Waals surface area contributed by atoms with Crippen LogP contribution in [-0.2, 0) is 12.8 Å². The van der Waals surface area contributed by atoms with Crippen LogP contribution in [0.5, 0.6) is 0 Å². The number of halogens is 1. The van der Waals surface area contributed by atoms with E-state index in [0.717, 1.165) is 31.2 Å². The van der Waals surface area contributed by atoms with Gasteiger partial charge >= 0.3 is 0 Å². The van der Waals surface area contributed by atoms with Crippen LogP contribution in [0.3, 0.4) is 0 Å². The summed E-state index contributed by atoms with van der Waals surface area (Å²) in [4.78, 5) is 0. The minimum absolute atomic E-state index is 0.114. The van der Waals surface area contributed by atoms with E-state index < -0.39 is 6.17 Å². The molecular weight excluding hydrogens is 201 g/mol. The Morgan fingerprint density at radius 3 is 2.69 bits per heavy atom. The van der Waals surface area contributed by atoms with E-state index in [1.54, 1.807) is 6.92 Å². The zero-order chi connectivity index (χ0) is 11.6. The summed E-state index contributed by atoms with van der Waals surface area (Å²) in [5, 5.41) is 0. The van der Waals surface area contributed by atoms with Crippen molar-refractivity contribution in [2.24, 2.45) is 5.73 Å². The smallest absolute Gasteiger partial charge is 0.101 e. The van der Waals surface area contributed by atoms with Gasteiger partial charge < -0.3 is 5.73 Å². The van der Waals surface area contributed by atoms with Crippen molar-refractivity contribution >= 4 is 0 Å². The third-order valence-corrected chi connectivity index (χ3v) is 3.31. The summed E-state index contributed by atoms with van der Waals surface area (Å²) in [6.45, 7) is 1.60. The van der Waals surface area contributed by atoms with E-state index in [0.29, 0.717) is 6.42 Å². The predicted molar refractivity (Wildman–Crippen MR) is 65.2 cm³/mol. The van der Waals surface area contributed by atoms with Gasteiger partial charge in [0.15, 0.2) is 0 Å². The molecule has 1 saturated carbocycles. The van der Waals surface area contributed by atoms with Crippen molar-refractivity contribution in [3.8, 4) is 0 Å². The molecule has 0 radical (unpaired) electrons. The Labute approximate surface area is 96.9 Å². The van der Waals surface area contributed by atoms with Crippen LogP contribution < -0.4 is 5.73 Å². The van der Waals surface area contributed by atoms with E-state index in [2.05, 4.69) is 12.1 Å². The van der Waals surface area contributed by atoms with E-state index in [1.165, 1.54) is 5.56 Å². The van der Waals surface area contributed by atoms with Crippen molar-refractivity contribution in [3.63, 3.8) is 0 Å². The fraction of sp³-hybridized carbons (Fsp3) is 0.571. The van der Waals surface area contributed by atoms with Gasteiger partial charge in [0.1, 0.15) is 6.17 Å². The number of rotatable bonds is 5. The highest BCUT2D eigenvalue weighted by Crippen LogP contribution is 2.36. The van der Waals surface area contributed by atoms with Gasteiger partial charge in [-0.25, -0.2) is 4.39 Å². The zero-order valence-electron chi connectivity index (χ0n) is 9.88. The number of hydrogen-bond donors (Lipinski definition) is 1. The number of aryl methyl sites for hydroxylation is 1. The molecule has 1 unspecified atom stereocenters. The zero-order valence-corrected chi connectivity index (χ0v) is 9.88. The Morgan fingerprint density at radius 2 is 2.06 bits per heavy atom. The topological polar surface area (TPSA) is 26.0 Å². The number of hydrogen-bond acceptors (Lipinski definition) is 1. The third kappa shape index (κ3) is 3.31. The summed E-state index contributed by atoms with van der Waals surface area (Å²) < 4.78 is 12.9. The predicted octanol–water partition coefficient (Wildman–Crippen LogP) is 3.01. The van der Waals surface area contributed by atoms with E-state index in [1.807, 2.05) is 12.1 Å². The van der Waals surface area contributed by atoms with Gasteiger partial charge in [0.2, 0.25) is 0 Å². The molecule has 0 saturated heterocycles. The number of alkyl halides is 1. The number of benzene rings is 1. The summed E-state index contributed by atoms with van der Waals surface area (Å²) in [7, 11) is 0. The first-order chi connectivity index (χ1) is 7.57. The van der Waals surface area contributed by atoms with Gasteiger partial charge in [-0.15, -0.1) is 0 Å². The lowest BCUT2D eigenvalue weighted by atomic mass is 10.0. The molecule has 1 nitrogen and oxygen atoms in total. The first-order valence-electron chi connectivity index (χ1n) is 6.08. The second-order valence-electron chi connectivity index (χ2n) is 5.17. The van der Waals surface area contributed by atoms with Gasteiger partial charge in [0.25, 0.3) is 0 Å². The van der Waals surface area contributed by atoms with Crippen LogP contribution in [0.25, 0.3) is 0 Å². The summed E-state index contributed by atoms with van der Waals surface area (Å²) in [6.07, 6.45) is 4.15. The lowest BCUT2D eigenvalue weighted by Crippen LogP contribution is -2.22. The third-order valence-electron chi connectivity index (χ3n) is 3.31. The molecule has 1 aromatic carbocycles. The van der Waals surface area contributed by atoms with Gasteiger partial charge in [0, 0.05) is 12.0 Å². The highest BCUT2D eigenvalue weighted by Gasteiger charge is 2.37. The van der Waals surface area contributed by atoms with Gasteiger partial charge in [-0.2, -0.15) is 0 Å². The van der Waals surface area contributed by atoms with E-state index in [4.69, 9.17) is 5.73 Å². The van der Waals surface area contributed by atoms with Gasteiger partial charge in [-0.1, -0.05) is 24.3 Å². The van der Waals surface area contributed by atoms with Crippen molar-refractivity contribution < 1.29 is 4.39 Å². The molecule has 0 bridgehead atoms. The molecule has 16 heavy (non-hydrogen) atoms. The Bertz CT molecular complexity index is 356. The van der Waals surface area contributed by atoms with Crippen LogP contribution in [0.4, 0.5) is 4.39 Å². The normalized spacial score (nSPS) is 19.4. The largest absolute Gasteiger partial charge is 0.325 e. The average molecular weight is 221 g/mol. The molecule has 0 aliphatic heterocycles. The Morgan fingerprint density at radius 1 is 1.38 bits per heavy atom. The second-order valence-corrected chi connectivity index (χ2v) is 5.17. The fourth-order valence-corrected chi connectivity index (χ4v) is 2.04. The highest BCUT2D eigenvalue weighted by atomic mass is 19.1. The van der Waals surface area contributed by atoms with Crippen molar-refractivity contribution in [2.75, 3.05) is 0 Å². The molecule has 1 aliphatic carbocycles. The monoisotopic (exact) mass is 221 g/mol. The summed E-state index contributed by atoms with van der Waals surface area (Å²) >= 11 is 0.